The molecule has 4 saturated carbocycles. The summed E-state index contributed by atoms with van der Waals surface area (Å²) in [6.45, 7) is 0. The molecule has 0 aliphatic heterocycles. The molecule has 8 heteroatoms. The Labute approximate surface area is 179 Å². The Bertz CT molecular complexity index is 991. The van der Waals surface area contributed by atoms with E-state index in [0.717, 1.165) is 37.0 Å². The Balaban J connectivity index is 1.17. The molecule has 2 amide bonds. The quantitative estimate of drug-likeness (QED) is 0.552. The van der Waals surface area contributed by atoms with E-state index in [4.69, 9.17) is 4.42 Å². The zero-order valence-corrected chi connectivity index (χ0v) is 17.1. The Morgan fingerprint density at radius 1 is 0.968 bits per heavy atom. The number of hydrogen-bond donors (Lipinski definition) is 2. The first-order chi connectivity index (χ1) is 14.9. The summed E-state index contributed by atoms with van der Waals surface area (Å²) in [4.78, 5) is 35.2. The van der Waals surface area contributed by atoms with E-state index in [2.05, 4.69) is 10.9 Å². The molecule has 4 fully saturated rings. The summed E-state index contributed by atoms with van der Waals surface area (Å²) in [6, 6.07) is 9.01. The Kier molecular flexibility index (Phi) is 4.79. The summed E-state index contributed by atoms with van der Waals surface area (Å²) >= 11 is 0. The van der Waals surface area contributed by atoms with Crippen LogP contribution in [0.15, 0.2) is 40.8 Å². The summed E-state index contributed by atoms with van der Waals surface area (Å²) in [5, 5.41) is 10.8. The van der Waals surface area contributed by atoms with Gasteiger partial charge in [-0.3, -0.25) is 30.6 Å². The third-order valence-electron chi connectivity index (χ3n) is 7.21. The fraction of sp³-hybridized carbons (Fsp3) is 0.478. The number of carbonyl (C=O) groups is 2. The maximum Gasteiger partial charge on any atom is 0.305 e. The zero-order valence-electron chi connectivity index (χ0n) is 17.1. The second kappa shape index (κ2) is 7.51. The van der Waals surface area contributed by atoms with Crippen LogP contribution in [0.25, 0.3) is 11.3 Å². The Morgan fingerprint density at radius 2 is 1.58 bits per heavy atom. The lowest BCUT2D eigenvalue weighted by Crippen LogP contribution is -2.50. The minimum atomic E-state index is -0.535. The molecule has 162 valence electrons. The molecule has 1 heterocycles. The number of nitro benzene ring substituents is 1. The minimum Gasteiger partial charge on any atom is -0.451 e. The first-order valence-electron chi connectivity index (χ1n) is 10.8. The highest BCUT2D eigenvalue weighted by molar-refractivity contribution is 5.93. The first-order valence-corrected chi connectivity index (χ1v) is 10.8. The number of non-ortho nitro benzene ring substituents is 1. The number of furan rings is 1. The monoisotopic (exact) mass is 423 g/mol. The molecule has 0 saturated heterocycles. The van der Waals surface area contributed by atoms with Crippen molar-refractivity contribution < 1.29 is 18.9 Å². The number of hydrazine groups is 1. The van der Waals surface area contributed by atoms with Crippen LogP contribution in [0.4, 0.5) is 5.69 Å². The van der Waals surface area contributed by atoms with Gasteiger partial charge in [-0.05, 0) is 86.0 Å². The third-order valence-corrected chi connectivity index (χ3v) is 7.21. The smallest absolute Gasteiger partial charge is 0.305 e. The number of hydrogen-bond acceptors (Lipinski definition) is 5. The number of benzene rings is 1. The van der Waals surface area contributed by atoms with Crippen LogP contribution in [0.5, 0.6) is 0 Å². The van der Waals surface area contributed by atoms with Crippen molar-refractivity contribution in [1.29, 1.82) is 0 Å². The number of rotatable bonds is 5. The maximum absolute atomic E-state index is 12.6. The van der Waals surface area contributed by atoms with Crippen molar-refractivity contribution >= 4 is 17.5 Å². The van der Waals surface area contributed by atoms with Gasteiger partial charge in [0.25, 0.3) is 5.69 Å². The third kappa shape index (κ3) is 3.94. The molecule has 4 aliphatic rings. The standard InChI is InChI=1S/C23H25N3O5/c27-21(13-23-10-14-7-15(11-23)9-16(8-14)12-23)24-25-22(28)20-6-5-19(31-20)17-1-3-18(4-2-17)26(29)30/h1-6,14-16H,7-13H2,(H,24,27)(H,25,28). The van der Waals surface area contributed by atoms with Crippen LogP contribution in [-0.4, -0.2) is 16.7 Å². The zero-order chi connectivity index (χ0) is 21.6. The van der Waals surface area contributed by atoms with E-state index >= 15 is 0 Å². The Hall–Kier alpha value is -3.16. The molecule has 0 unspecified atom stereocenters. The molecule has 0 spiro atoms. The Morgan fingerprint density at radius 3 is 2.16 bits per heavy atom. The maximum atomic E-state index is 12.6. The highest BCUT2D eigenvalue weighted by Gasteiger charge is 2.51. The molecular formula is C23H25N3O5. The summed E-state index contributed by atoms with van der Waals surface area (Å²) in [6.07, 6.45) is 7.85. The van der Waals surface area contributed by atoms with Crippen molar-refractivity contribution in [2.75, 3.05) is 0 Å². The predicted molar refractivity (Wildman–Crippen MR) is 112 cm³/mol. The van der Waals surface area contributed by atoms with Gasteiger partial charge in [-0.25, -0.2) is 0 Å². The van der Waals surface area contributed by atoms with Gasteiger partial charge in [-0.1, -0.05) is 0 Å². The van der Waals surface area contributed by atoms with Crippen molar-refractivity contribution in [3.63, 3.8) is 0 Å². The molecule has 2 aromatic rings. The van der Waals surface area contributed by atoms with Gasteiger partial charge >= 0.3 is 5.91 Å². The van der Waals surface area contributed by atoms with Crippen molar-refractivity contribution in [2.24, 2.45) is 23.2 Å². The van der Waals surface area contributed by atoms with Crippen molar-refractivity contribution in [3.05, 3.63) is 52.3 Å². The fourth-order valence-corrected chi connectivity index (χ4v) is 6.44. The van der Waals surface area contributed by atoms with Crippen LogP contribution < -0.4 is 10.9 Å². The van der Waals surface area contributed by atoms with Gasteiger partial charge in [-0.15, -0.1) is 0 Å². The van der Waals surface area contributed by atoms with Gasteiger partial charge in [-0.2, -0.15) is 0 Å². The van der Waals surface area contributed by atoms with Gasteiger partial charge in [0, 0.05) is 24.1 Å². The highest BCUT2D eigenvalue weighted by Crippen LogP contribution is 2.61. The summed E-state index contributed by atoms with van der Waals surface area (Å²) in [5.74, 6) is 2.10. The molecule has 4 bridgehead atoms. The van der Waals surface area contributed by atoms with Gasteiger partial charge < -0.3 is 4.42 Å². The predicted octanol–water partition coefficient (Wildman–Crippen LogP) is 4.22. The molecule has 0 radical (unpaired) electrons. The number of nitrogens with zero attached hydrogens (tertiary/aromatic N) is 1. The van der Waals surface area contributed by atoms with Crippen LogP contribution in [0.1, 0.15) is 55.5 Å². The van der Waals surface area contributed by atoms with Crippen molar-refractivity contribution in [3.8, 4) is 11.3 Å². The van der Waals surface area contributed by atoms with E-state index < -0.39 is 10.8 Å². The number of nitrogens with one attached hydrogen (secondary N) is 2. The number of carbonyl (C=O) groups excluding carboxylic acids is 2. The summed E-state index contributed by atoms with van der Waals surface area (Å²) in [5.41, 5.74) is 5.71. The molecule has 1 aromatic heterocycles. The van der Waals surface area contributed by atoms with Crippen molar-refractivity contribution in [2.45, 2.75) is 44.9 Å². The normalized spacial score (nSPS) is 28.3. The molecule has 4 aliphatic carbocycles. The molecular weight excluding hydrogens is 398 g/mol. The summed E-state index contributed by atoms with van der Waals surface area (Å²) in [7, 11) is 0. The molecule has 1 aromatic carbocycles. The van der Waals surface area contributed by atoms with E-state index in [9.17, 15) is 19.7 Å². The van der Waals surface area contributed by atoms with Gasteiger partial charge in [0.15, 0.2) is 5.76 Å². The van der Waals surface area contributed by atoms with Crippen LogP contribution in [-0.2, 0) is 4.79 Å². The lowest BCUT2D eigenvalue weighted by molar-refractivity contribution is -0.384. The van der Waals surface area contributed by atoms with Crippen LogP contribution >= 0.6 is 0 Å². The van der Waals surface area contributed by atoms with Gasteiger partial charge in [0.05, 0.1) is 4.92 Å². The van der Waals surface area contributed by atoms with Crippen LogP contribution in [0.2, 0.25) is 0 Å². The molecule has 2 N–H and O–H groups in total. The highest BCUT2D eigenvalue weighted by atomic mass is 16.6. The molecule has 31 heavy (non-hydrogen) atoms. The number of amides is 2. The molecule has 6 rings (SSSR count). The van der Waals surface area contributed by atoms with E-state index in [0.29, 0.717) is 17.7 Å². The lowest BCUT2D eigenvalue weighted by Gasteiger charge is -2.56. The first kappa shape index (κ1) is 19.8. The van der Waals surface area contributed by atoms with E-state index in [1.165, 1.54) is 37.5 Å². The van der Waals surface area contributed by atoms with Crippen LogP contribution in [0.3, 0.4) is 0 Å². The molecule has 8 nitrogen and oxygen atoms in total. The van der Waals surface area contributed by atoms with Crippen molar-refractivity contribution in [1.82, 2.24) is 10.9 Å². The second-order valence-electron chi connectivity index (χ2n) is 9.56. The fourth-order valence-electron chi connectivity index (χ4n) is 6.44. The minimum absolute atomic E-state index is 0.0185. The molecule has 0 atom stereocenters. The van der Waals surface area contributed by atoms with Gasteiger partial charge in [0.2, 0.25) is 5.91 Å². The van der Waals surface area contributed by atoms with E-state index in [1.807, 2.05) is 0 Å². The average molecular weight is 423 g/mol. The lowest BCUT2D eigenvalue weighted by atomic mass is 9.49. The summed E-state index contributed by atoms with van der Waals surface area (Å²) < 4.78 is 5.56. The topological polar surface area (TPSA) is 114 Å². The second-order valence-corrected chi connectivity index (χ2v) is 9.56. The van der Waals surface area contributed by atoms with Gasteiger partial charge in [0.1, 0.15) is 5.76 Å². The number of nitro groups is 1. The SMILES string of the molecule is O=C(CC12CC3CC(CC(C3)C1)C2)NNC(=O)c1ccc(-c2ccc([N+](=O)[O-])cc2)o1. The van der Waals surface area contributed by atoms with Crippen LogP contribution in [0, 0.1) is 33.3 Å². The van der Waals surface area contributed by atoms with E-state index in [1.54, 1.807) is 18.2 Å². The average Bonchev–Trinajstić information content (AvgIpc) is 3.21. The van der Waals surface area contributed by atoms with E-state index in [-0.39, 0.29) is 22.8 Å². The largest absolute Gasteiger partial charge is 0.451 e.